The van der Waals surface area contributed by atoms with E-state index in [2.05, 4.69) is 9.62 Å². The maximum Gasteiger partial charge on any atom is 0.211 e. The highest BCUT2D eigenvalue weighted by Gasteiger charge is 2.17. The quantitative estimate of drug-likeness (QED) is 0.730. The van der Waals surface area contributed by atoms with Crippen molar-refractivity contribution in [3.63, 3.8) is 0 Å². The minimum Gasteiger partial charge on any atom is -0.302 e. The summed E-state index contributed by atoms with van der Waals surface area (Å²) in [4.78, 5) is 2.31. The first-order valence-electron chi connectivity index (χ1n) is 5.26. The molecule has 0 aromatic rings. The van der Waals surface area contributed by atoms with E-state index in [0.29, 0.717) is 0 Å². The van der Waals surface area contributed by atoms with Crippen molar-refractivity contribution in [1.29, 1.82) is 0 Å². The molecule has 5 heteroatoms. The van der Waals surface area contributed by atoms with Gasteiger partial charge in [0.2, 0.25) is 10.0 Å². The minimum absolute atomic E-state index is 0.0260. The van der Waals surface area contributed by atoms with Crippen LogP contribution in [0.2, 0.25) is 0 Å². The standard InChI is InChI=1S/C9H20N2O2S/c1-3-14(12,13)10-9(2)8-11-6-4-5-7-11/h9-10H,3-8H2,1-2H3. The fourth-order valence-corrected chi connectivity index (χ4v) is 2.63. The van der Waals surface area contributed by atoms with Crippen molar-refractivity contribution in [3.05, 3.63) is 0 Å². The van der Waals surface area contributed by atoms with Gasteiger partial charge in [-0.15, -0.1) is 0 Å². The lowest BCUT2D eigenvalue weighted by Crippen LogP contribution is -2.41. The highest BCUT2D eigenvalue weighted by atomic mass is 32.2. The lowest BCUT2D eigenvalue weighted by molar-refractivity contribution is 0.313. The highest BCUT2D eigenvalue weighted by Crippen LogP contribution is 2.07. The summed E-state index contributed by atoms with van der Waals surface area (Å²) in [5.41, 5.74) is 0. The number of hydrogen-bond donors (Lipinski definition) is 1. The minimum atomic E-state index is -3.04. The lowest BCUT2D eigenvalue weighted by atomic mass is 10.3. The fraction of sp³-hybridized carbons (Fsp3) is 1.00. The van der Waals surface area contributed by atoms with Gasteiger partial charge in [-0.3, -0.25) is 0 Å². The van der Waals surface area contributed by atoms with Crippen molar-refractivity contribution in [2.45, 2.75) is 32.7 Å². The average Bonchev–Trinajstić information content (AvgIpc) is 2.55. The molecule has 1 atom stereocenters. The third kappa shape index (κ3) is 3.94. The number of nitrogens with one attached hydrogen (secondary N) is 1. The van der Waals surface area contributed by atoms with Crippen LogP contribution in [0.5, 0.6) is 0 Å². The molecule has 4 nitrogen and oxygen atoms in total. The van der Waals surface area contributed by atoms with Gasteiger partial charge >= 0.3 is 0 Å². The zero-order chi connectivity index (χ0) is 10.6. The second-order valence-electron chi connectivity index (χ2n) is 3.93. The summed E-state index contributed by atoms with van der Waals surface area (Å²) in [6, 6.07) is 0.0260. The zero-order valence-corrected chi connectivity index (χ0v) is 9.81. The Morgan fingerprint density at radius 2 is 1.93 bits per heavy atom. The molecule has 1 heterocycles. The number of sulfonamides is 1. The third-order valence-electron chi connectivity index (χ3n) is 2.49. The molecular formula is C9H20N2O2S. The van der Waals surface area contributed by atoms with Gasteiger partial charge in [0.25, 0.3) is 0 Å². The van der Waals surface area contributed by atoms with E-state index >= 15 is 0 Å². The van der Waals surface area contributed by atoms with E-state index in [4.69, 9.17) is 0 Å². The SMILES string of the molecule is CCS(=O)(=O)NC(C)CN1CCCC1. The second-order valence-corrected chi connectivity index (χ2v) is 5.97. The van der Waals surface area contributed by atoms with Gasteiger partial charge in [0.15, 0.2) is 0 Å². The number of rotatable bonds is 5. The van der Waals surface area contributed by atoms with Gasteiger partial charge < -0.3 is 4.90 Å². The Hall–Kier alpha value is -0.130. The molecule has 0 radical (unpaired) electrons. The molecule has 0 aromatic heterocycles. The molecule has 0 amide bonds. The molecule has 0 saturated carbocycles. The Balaban J connectivity index is 2.31. The number of hydrogen-bond acceptors (Lipinski definition) is 3. The largest absolute Gasteiger partial charge is 0.302 e. The monoisotopic (exact) mass is 220 g/mol. The summed E-state index contributed by atoms with van der Waals surface area (Å²) >= 11 is 0. The zero-order valence-electron chi connectivity index (χ0n) is 8.99. The van der Waals surface area contributed by atoms with Gasteiger partial charge in [-0.25, -0.2) is 13.1 Å². The van der Waals surface area contributed by atoms with Gasteiger partial charge in [-0.1, -0.05) is 0 Å². The van der Waals surface area contributed by atoms with Crippen LogP contribution in [0.1, 0.15) is 26.7 Å². The van der Waals surface area contributed by atoms with Crippen LogP contribution in [-0.2, 0) is 10.0 Å². The van der Waals surface area contributed by atoms with Crippen LogP contribution in [0.15, 0.2) is 0 Å². The third-order valence-corrected chi connectivity index (χ3v) is 4.01. The maximum absolute atomic E-state index is 11.3. The molecule has 1 rings (SSSR count). The molecule has 1 fully saturated rings. The van der Waals surface area contributed by atoms with Crippen LogP contribution in [0.25, 0.3) is 0 Å². The van der Waals surface area contributed by atoms with Crippen LogP contribution in [0.3, 0.4) is 0 Å². The molecule has 0 aliphatic carbocycles. The predicted octanol–water partition coefficient (Wildman–Crippen LogP) is 0.410. The molecule has 0 bridgehead atoms. The number of nitrogens with zero attached hydrogens (tertiary/aromatic N) is 1. The van der Waals surface area contributed by atoms with E-state index in [1.54, 1.807) is 6.92 Å². The fourth-order valence-electron chi connectivity index (χ4n) is 1.78. The Morgan fingerprint density at radius 3 is 2.43 bits per heavy atom. The summed E-state index contributed by atoms with van der Waals surface area (Å²) < 4.78 is 25.2. The van der Waals surface area contributed by atoms with Crippen LogP contribution in [0, 0.1) is 0 Å². The first-order valence-corrected chi connectivity index (χ1v) is 6.91. The summed E-state index contributed by atoms with van der Waals surface area (Å²) in [6.45, 7) is 6.63. The van der Waals surface area contributed by atoms with E-state index < -0.39 is 10.0 Å². The van der Waals surface area contributed by atoms with E-state index in [0.717, 1.165) is 19.6 Å². The topological polar surface area (TPSA) is 49.4 Å². The number of likely N-dealkylation sites (tertiary alicyclic amines) is 1. The van der Waals surface area contributed by atoms with Crippen LogP contribution in [-0.4, -0.2) is 44.7 Å². The highest BCUT2D eigenvalue weighted by molar-refractivity contribution is 7.89. The molecule has 1 saturated heterocycles. The average molecular weight is 220 g/mol. The molecular weight excluding hydrogens is 200 g/mol. The van der Waals surface area contributed by atoms with E-state index in [9.17, 15) is 8.42 Å². The summed E-state index contributed by atoms with van der Waals surface area (Å²) in [5.74, 6) is 0.164. The van der Waals surface area contributed by atoms with Gasteiger partial charge in [0.1, 0.15) is 0 Å². The smallest absolute Gasteiger partial charge is 0.211 e. The van der Waals surface area contributed by atoms with Gasteiger partial charge in [-0.2, -0.15) is 0 Å². The second kappa shape index (κ2) is 5.09. The molecule has 1 aliphatic rings. The van der Waals surface area contributed by atoms with Crippen LogP contribution < -0.4 is 4.72 Å². The lowest BCUT2D eigenvalue weighted by Gasteiger charge is -2.20. The Kier molecular flexibility index (Phi) is 4.34. The Labute approximate surface area is 86.7 Å². The van der Waals surface area contributed by atoms with Gasteiger partial charge in [0.05, 0.1) is 5.75 Å². The first-order chi connectivity index (χ1) is 6.53. The van der Waals surface area contributed by atoms with Crippen molar-refractivity contribution in [1.82, 2.24) is 9.62 Å². The Bertz CT molecular complexity index is 258. The normalized spacial score (nSPS) is 21.3. The molecule has 1 unspecified atom stereocenters. The summed E-state index contributed by atoms with van der Waals surface area (Å²) in [7, 11) is -3.04. The molecule has 1 aliphatic heterocycles. The molecule has 0 spiro atoms. The van der Waals surface area contributed by atoms with Crippen molar-refractivity contribution in [2.75, 3.05) is 25.4 Å². The van der Waals surface area contributed by atoms with E-state index in [-0.39, 0.29) is 11.8 Å². The van der Waals surface area contributed by atoms with Crippen molar-refractivity contribution >= 4 is 10.0 Å². The summed E-state index contributed by atoms with van der Waals surface area (Å²) in [6.07, 6.45) is 2.49. The van der Waals surface area contributed by atoms with Crippen LogP contribution in [0.4, 0.5) is 0 Å². The van der Waals surface area contributed by atoms with Crippen molar-refractivity contribution in [3.8, 4) is 0 Å². The maximum atomic E-state index is 11.3. The van der Waals surface area contributed by atoms with Gasteiger partial charge in [0, 0.05) is 12.6 Å². The first kappa shape index (κ1) is 11.9. The predicted molar refractivity (Wildman–Crippen MR) is 57.7 cm³/mol. The van der Waals surface area contributed by atoms with Crippen molar-refractivity contribution in [2.24, 2.45) is 0 Å². The van der Waals surface area contributed by atoms with Gasteiger partial charge in [-0.05, 0) is 39.8 Å². The van der Waals surface area contributed by atoms with Crippen LogP contribution >= 0.6 is 0 Å². The van der Waals surface area contributed by atoms with E-state index in [1.165, 1.54) is 12.8 Å². The van der Waals surface area contributed by atoms with E-state index in [1.807, 2.05) is 6.92 Å². The molecule has 14 heavy (non-hydrogen) atoms. The Morgan fingerprint density at radius 1 is 1.36 bits per heavy atom. The van der Waals surface area contributed by atoms with Crippen molar-refractivity contribution < 1.29 is 8.42 Å². The summed E-state index contributed by atoms with van der Waals surface area (Å²) in [5, 5.41) is 0. The molecule has 1 N–H and O–H groups in total. The molecule has 0 aromatic carbocycles. The molecule has 84 valence electrons.